The third kappa shape index (κ3) is 6.44. The van der Waals surface area contributed by atoms with Crippen LogP contribution >= 0.6 is 0 Å². The summed E-state index contributed by atoms with van der Waals surface area (Å²) in [6.07, 6.45) is 7.07. The molecule has 0 N–H and O–H groups in total. The number of rotatable bonds is 2. The minimum absolute atomic E-state index is 0.0432. The second-order valence-electron chi connectivity index (χ2n) is 27.5. The highest BCUT2D eigenvalue weighted by Crippen LogP contribution is 2.56. The zero-order valence-corrected chi connectivity index (χ0v) is 44.8. The van der Waals surface area contributed by atoms with Gasteiger partial charge < -0.3 is 14.1 Å². The van der Waals surface area contributed by atoms with Gasteiger partial charge in [0.2, 0.25) is 0 Å². The molecular weight excluding hydrogens is 836 g/mol. The first-order valence-electron chi connectivity index (χ1n) is 26.4. The number of anilines is 5. The van der Waals surface area contributed by atoms with Crippen LogP contribution in [-0.2, 0) is 37.9 Å². The van der Waals surface area contributed by atoms with Gasteiger partial charge >= 0.3 is 6.85 Å². The van der Waals surface area contributed by atoms with E-state index < -0.39 is 0 Å². The van der Waals surface area contributed by atoms with E-state index in [1.165, 1.54) is 144 Å². The molecule has 3 nitrogen and oxygen atoms in total. The lowest BCUT2D eigenvalue weighted by Gasteiger charge is -2.49. The van der Waals surface area contributed by atoms with Crippen LogP contribution in [-0.4, -0.2) is 6.85 Å². The van der Waals surface area contributed by atoms with Crippen LogP contribution in [0.1, 0.15) is 187 Å². The molecule has 7 aromatic rings. The van der Waals surface area contributed by atoms with Crippen molar-refractivity contribution in [3.8, 4) is 11.1 Å². The molecule has 5 aliphatic rings. The van der Waals surface area contributed by atoms with Crippen molar-refractivity contribution in [2.75, 3.05) is 9.71 Å². The van der Waals surface area contributed by atoms with E-state index in [1.54, 1.807) is 0 Å². The Kier molecular flexibility index (Phi) is 9.13. The van der Waals surface area contributed by atoms with E-state index in [0.717, 1.165) is 11.2 Å². The Balaban J connectivity index is 1.25. The van der Waals surface area contributed by atoms with E-state index in [1.807, 2.05) is 0 Å². The molecule has 6 aromatic carbocycles. The Labute approximate surface area is 414 Å². The van der Waals surface area contributed by atoms with Crippen molar-refractivity contribution in [2.45, 2.75) is 187 Å². The monoisotopic (exact) mass is 911 g/mol. The van der Waals surface area contributed by atoms with Crippen molar-refractivity contribution in [2.24, 2.45) is 0 Å². The van der Waals surface area contributed by atoms with Gasteiger partial charge in [-0.1, -0.05) is 146 Å². The molecule has 0 unspecified atom stereocenters. The highest BCUT2D eigenvalue weighted by molar-refractivity contribution is 6.93. The van der Waals surface area contributed by atoms with Crippen LogP contribution in [0.4, 0.5) is 28.4 Å². The molecule has 0 fully saturated rings. The van der Waals surface area contributed by atoms with Gasteiger partial charge in [-0.15, -0.1) is 0 Å². The van der Waals surface area contributed by atoms with Crippen LogP contribution in [0, 0.1) is 6.92 Å². The number of hydrogen-bond donors (Lipinski definition) is 0. The quantitative estimate of drug-likeness (QED) is 0.161. The van der Waals surface area contributed by atoms with E-state index in [-0.39, 0.29) is 44.8 Å². The molecule has 69 heavy (non-hydrogen) atoms. The molecule has 12 rings (SSSR count). The van der Waals surface area contributed by atoms with Crippen molar-refractivity contribution in [1.82, 2.24) is 0 Å². The molecule has 0 spiro atoms. The maximum atomic E-state index is 6.89. The van der Waals surface area contributed by atoms with Crippen molar-refractivity contribution >= 4 is 68.1 Å². The molecule has 0 radical (unpaired) electrons. The first-order chi connectivity index (χ1) is 32.2. The summed E-state index contributed by atoms with van der Waals surface area (Å²) in [5.41, 5.74) is 25.7. The van der Waals surface area contributed by atoms with E-state index in [9.17, 15) is 0 Å². The Morgan fingerprint density at radius 3 is 1.61 bits per heavy atom. The molecule has 0 atom stereocenters. The van der Waals surface area contributed by atoms with Gasteiger partial charge in [-0.25, -0.2) is 0 Å². The number of fused-ring (bicyclic) bond motifs is 10. The van der Waals surface area contributed by atoms with E-state index >= 15 is 0 Å². The third-order valence-corrected chi connectivity index (χ3v) is 18.9. The second kappa shape index (κ2) is 14.0. The minimum atomic E-state index is -0.107. The molecule has 3 heterocycles. The van der Waals surface area contributed by atoms with Gasteiger partial charge in [0.15, 0.2) is 0 Å². The average molecular weight is 911 g/mol. The predicted molar refractivity (Wildman–Crippen MR) is 297 cm³/mol. The maximum absolute atomic E-state index is 6.89. The van der Waals surface area contributed by atoms with Gasteiger partial charge in [0, 0.05) is 50.8 Å². The molecule has 0 bridgehead atoms. The Morgan fingerprint density at radius 1 is 0.464 bits per heavy atom. The van der Waals surface area contributed by atoms with Gasteiger partial charge in [-0.3, -0.25) is 0 Å². The number of hydrogen-bond acceptors (Lipinski definition) is 3. The molecule has 354 valence electrons. The smallest absolute Gasteiger partial charge is 0.333 e. The number of para-hydroxylation sites is 1. The fraction of sp³-hybridized carbons (Fsp3) is 0.446. The van der Waals surface area contributed by atoms with Crippen molar-refractivity contribution in [1.29, 1.82) is 0 Å². The number of aryl methyl sites for hydroxylation is 1. The number of nitrogens with zero attached hydrogens (tertiary/aromatic N) is 2. The Bertz CT molecular complexity index is 3360. The van der Waals surface area contributed by atoms with Gasteiger partial charge in [0.25, 0.3) is 0 Å². The van der Waals surface area contributed by atoms with Crippen LogP contribution in [0.25, 0.3) is 33.1 Å². The normalized spacial score (nSPS) is 20.7. The molecule has 0 amide bonds. The topological polar surface area (TPSA) is 19.6 Å². The van der Waals surface area contributed by atoms with Crippen LogP contribution in [0.15, 0.2) is 95.4 Å². The van der Waals surface area contributed by atoms with Crippen LogP contribution < -0.4 is 20.6 Å². The van der Waals surface area contributed by atoms with E-state index in [0.29, 0.717) is 0 Å². The maximum Gasteiger partial charge on any atom is 0.333 e. The summed E-state index contributed by atoms with van der Waals surface area (Å²) in [7, 11) is 0. The average Bonchev–Trinajstić information content (AvgIpc) is 3.64. The number of benzene rings is 6. The van der Waals surface area contributed by atoms with Crippen LogP contribution in [0.5, 0.6) is 0 Å². The van der Waals surface area contributed by atoms with Crippen LogP contribution in [0.2, 0.25) is 0 Å². The fourth-order valence-electron chi connectivity index (χ4n) is 13.9. The zero-order valence-electron chi connectivity index (χ0n) is 44.8. The van der Waals surface area contributed by atoms with Gasteiger partial charge in [0.05, 0.1) is 0 Å². The van der Waals surface area contributed by atoms with Gasteiger partial charge in [-0.2, -0.15) is 0 Å². The highest BCUT2D eigenvalue weighted by Gasteiger charge is 2.49. The Morgan fingerprint density at radius 2 is 1.00 bits per heavy atom. The molecule has 0 saturated heterocycles. The standard InChI is InChI=1S/C65H75BN2O/c1-38-29-46-49(64(13,14)27-25-61(46,7)8)35-52(38)67-54-37-57-43(41-19-17-18-20-56(41)69-57)34-51(54)66-58-44(30-39(31-55(58)67)59(2,3)4)42-33-48-50(65(15,16)28-26-63(48,11)12)36-53(42)68(66)40-21-22-45-47(32-40)62(9,10)24-23-60(45,5)6/h17-22,29-37H,23-28H2,1-16H3. The Hall–Kier alpha value is -5.22. The SMILES string of the molecule is Cc1cc2c(cc1N1c3cc4oc5ccccc5c4cc3B3c4c(cc(C(C)(C)C)cc41)-c1cc4c(cc1N3c1ccc3c(c1)C(C)(C)CCC3(C)C)C(C)(C)CCC4(C)C)C(C)(C)CCC2(C)C. The van der Waals surface area contributed by atoms with E-state index in [4.69, 9.17) is 4.42 Å². The number of furan rings is 1. The summed E-state index contributed by atoms with van der Waals surface area (Å²) in [5, 5.41) is 2.35. The second-order valence-corrected chi connectivity index (χ2v) is 27.5. The fourth-order valence-corrected chi connectivity index (χ4v) is 13.9. The van der Waals surface area contributed by atoms with Crippen LogP contribution in [0.3, 0.4) is 0 Å². The molecule has 4 heteroatoms. The summed E-state index contributed by atoms with van der Waals surface area (Å²) in [6.45, 7) is 39.2. The van der Waals surface area contributed by atoms with E-state index in [2.05, 4.69) is 211 Å². The van der Waals surface area contributed by atoms with Gasteiger partial charge in [-0.05, 0) is 187 Å². The summed E-state index contributed by atoms with van der Waals surface area (Å²) in [4.78, 5) is 5.50. The summed E-state index contributed by atoms with van der Waals surface area (Å²) in [6, 6.07) is 36.9. The predicted octanol–water partition coefficient (Wildman–Crippen LogP) is 16.9. The zero-order chi connectivity index (χ0) is 48.9. The van der Waals surface area contributed by atoms with Crippen molar-refractivity contribution in [3.05, 3.63) is 136 Å². The minimum Gasteiger partial charge on any atom is -0.456 e. The first-order valence-corrected chi connectivity index (χ1v) is 26.4. The lowest BCUT2D eigenvalue weighted by atomic mass is 9.43. The highest BCUT2D eigenvalue weighted by atomic mass is 16.3. The third-order valence-electron chi connectivity index (χ3n) is 18.9. The van der Waals surface area contributed by atoms with Crippen molar-refractivity contribution in [3.63, 3.8) is 0 Å². The molecule has 3 aliphatic carbocycles. The van der Waals surface area contributed by atoms with Gasteiger partial charge in [0.1, 0.15) is 11.2 Å². The lowest BCUT2D eigenvalue weighted by molar-refractivity contribution is 0.332. The first kappa shape index (κ1) is 45.0. The van der Waals surface area contributed by atoms with Crippen molar-refractivity contribution < 1.29 is 4.42 Å². The molecule has 2 aliphatic heterocycles. The summed E-state index contributed by atoms with van der Waals surface area (Å²) in [5.74, 6) is 0. The molecular formula is C65H75BN2O. The largest absolute Gasteiger partial charge is 0.456 e. The molecule has 0 saturated carbocycles. The lowest BCUT2D eigenvalue weighted by Crippen LogP contribution is -2.62. The molecule has 1 aromatic heterocycles. The summed E-state index contributed by atoms with van der Waals surface area (Å²) < 4.78 is 6.89. The summed E-state index contributed by atoms with van der Waals surface area (Å²) >= 11 is 0.